The zero-order chi connectivity index (χ0) is 15.3. The lowest BCUT2D eigenvalue weighted by atomic mass is 10.2. The van der Waals surface area contributed by atoms with Crippen LogP contribution in [0.25, 0.3) is 0 Å². The van der Waals surface area contributed by atoms with E-state index < -0.39 is 12.0 Å². The van der Waals surface area contributed by atoms with Crippen molar-refractivity contribution in [2.45, 2.75) is 13.8 Å². The second-order valence-corrected chi connectivity index (χ2v) is 6.01. The number of carboxylic acids is 1. The molecule has 0 saturated heterocycles. The predicted octanol–water partition coefficient (Wildman–Crippen LogP) is 3.68. The fourth-order valence-corrected chi connectivity index (χ4v) is 2.39. The molecule has 20 heavy (non-hydrogen) atoms. The van der Waals surface area contributed by atoms with Gasteiger partial charge in [-0.2, -0.15) is 0 Å². The van der Waals surface area contributed by atoms with Gasteiger partial charge in [0.05, 0.1) is 5.69 Å². The number of aliphatic carboxylic acids is 1. The van der Waals surface area contributed by atoms with Crippen molar-refractivity contribution < 1.29 is 14.7 Å². The Hall–Kier alpha value is -1.27. The maximum atomic E-state index is 12.1. The second kappa shape index (κ2) is 7.50. The number of hydrogen-bond donors (Lipinski definition) is 2. The summed E-state index contributed by atoms with van der Waals surface area (Å²) in [5.74, 6) is -0.871. The number of rotatable bonds is 5. The zero-order valence-corrected chi connectivity index (χ0v) is 13.5. The Morgan fingerprint density at radius 2 is 2.10 bits per heavy atom. The van der Waals surface area contributed by atoms with Crippen molar-refractivity contribution in [3.05, 3.63) is 27.7 Å². The highest BCUT2D eigenvalue weighted by molar-refractivity contribution is 9.10. The van der Waals surface area contributed by atoms with Gasteiger partial charge < -0.3 is 15.3 Å². The van der Waals surface area contributed by atoms with E-state index in [-0.39, 0.29) is 12.5 Å². The van der Waals surface area contributed by atoms with Gasteiger partial charge in [0.1, 0.15) is 6.54 Å². The Balaban J connectivity index is 2.81. The average molecular weight is 364 g/mol. The fourth-order valence-electron chi connectivity index (χ4n) is 1.61. The highest BCUT2D eigenvalue weighted by atomic mass is 79.9. The Morgan fingerprint density at radius 3 is 2.60 bits per heavy atom. The van der Waals surface area contributed by atoms with E-state index in [1.54, 1.807) is 18.2 Å². The summed E-state index contributed by atoms with van der Waals surface area (Å²) in [4.78, 5) is 24.2. The molecule has 2 amide bonds. The molecular weight excluding hydrogens is 348 g/mol. The lowest BCUT2D eigenvalue weighted by Crippen LogP contribution is -2.41. The molecule has 5 nitrogen and oxygen atoms in total. The molecule has 0 aromatic heterocycles. The SMILES string of the molecule is CC(C)CN(CC(=O)O)C(=O)Nc1ccc(Cl)cc1Br. The van der Waals surface area contributed by atoms with Crippen LogP contribution in [0.4, 0.5) is 10.5 Å². The minimum Gasteiger partial charge on any atom is -0.480 e. The van der Waals surface area contributed by atoms with Crippen molar-refractivity contribution in [3.8, 4) is 0 Å². The van der Waals surface area contributed by atoms with E-state index in [0.717, 1.165) is 0 Å². The molecule has 0 aliphatic carbocycles. The number of amides is 2. The van der Waals surface area contributed by atoms with E-state index in [4.69, 9.17) is 16.7 Å². The smallest absolute Gasteiger partial charge is 0.323 e. The number of halogens is 2. The van der Waals surface area contributed by atoms with E-state index in [0.29, 0.717) is 21.7 Å². The normalized spacial score (nSPS) is 10.4. The van der Waals surface area contributed by atoms with E-state index in [9.17, 15) is 9.59 Å². The van der Waals surface area contributed by atoms with Crippen LogP contribution >= 0.6 is 27.5 Å². The standard InChI is InChI=1S/C13H16BrClN2O3/c1-8(2)6-17(7-12(18)19)13(20)16-11-4-3-9(15)5-10(11)14/h3-5,8H,6-7H2,1-2H3,(H,16,20)(H,18,19). The molecule has 0 bridgehead atoms. The Kier molecular flexibility index (Phi) is 6.29. The number of carbonyl (C=O) groups excluding carboxylic acids is 1. The molecule has 1 aromatic carbocycles. The maximum absolute atomic E-state index is 12.1. The third-order valence-electron chi connectivity index (χ3n) is 2.37. The molecule has 0 atom stereocenters. The summed E-state index contributed by atoms with van der Waals surface area (Å²) in [5.41, 5.74) is 0.540. The van der Waals surface area contributed by atoms with Gasteiger partial charge in [-0.15, -0.1) is 0 Å². The summed E-state index contributed by atoms with van der Waals surface area (Å²) in [6.07, 6.45) is 0. The molecule has 0 heterocycles. The molecule has 0 aliphatic rings. The quantitative estimate of drug-likeness (QED) is 0.838. The average Bonchev–Trinajstić information content (AvgIpc) is 2.30. The topological polar surface area (TPSA) is 69.6 Å². The predicted molar refractivity (Wildman–Crippen MR) is 82.2 cm³/mol. The summed E-state index contributed by atoms with van der Waals surface area (Å²) < 4.78 is 0.637. The lowest BCUT2D eigenvalue weighted by molar-refractivity contribution is -0.137. The van der Waals surface area contributed by atoms with Crippen molar-refractivity contribution in [2.24, 2.45) is 5.92 Å². The van der Waals surface area contributed by atoms with Crippen molar-refractivity contribution in [2.75, 3.05) is 18.4 Å². The Labute approximate surface area is 131 Å². The van der Waals surface area contributed by atoms with E-state index >= 15 is 0 Å². The molecule has 110 valence electrons. The molecule has 0 fully saturated rings. The van der Waals surface area contributed by atoms with Crippen LogP contribution in [-0.4, -0.2) is 35.1 Å². The van der Waals surface area contributed by atoms with Gasteiger partial charge >= 0.3 is 12.0 Å². The van der Waals surface area contributed by atoms with Crippen LogP contribution in [0.3, 0.4) is 0 Å². The van der Waals surface area contributed by atoms with Gasteiger partial charge in [-0.1, -0.05) is 25.4 Å². The van der Waals surface area contributed by atoms with Gasteiger partial charge in [-0.25, -0.2) is 4.79 Å². The number of benzene rings is 1. The monoisotopic (exact) mass is 362 g/mol. The molecule has 7 heteroatoms. The number of carbonyl (C=O) groups is 2. The van der Waals surface area contributed by atoms with Crippen LogP contribution in [0, 0.1) is 5.92 Å². The van der Waals surface area contributed by atoms with Gasteiger partial charge in [-0.05, 0) is 40.0 Å². The minimum atomic E-state index is -1.05. The van der Waals surface area contributed by atoms with Crippen molar-refractivity contribution in [1.82, 2.24) is 4.90 Å². The molecule has 1 aromatic rings. The zero-order valence-electron chi connectivity index (χ0n) is 11.2. The summed E-state index contributed by atoms with van der Waals surface area (Å²) in [7, 11) is 0. The van der Waals surface area contributed by atoms with Crippen LogP contribution in [0.15, 0.2) is 22.7 Å². The number of nitrogens with zero attached hydrogens (tertiary/aromatic N) is 1. The molecule has 2 N–H and O–H groups in total. The highest BCUT2D eigenvalue weighted by Gasteiger charge is 2.18. The van der Waals surface area contributed by atoms with Gasteiger partial charge in [0.2, 0.25) is 0 Å². The third kappa shape index (κ3) is 5.38. The number of carboxylic acid groups (broad SMARTS) is 1. The van der Waals surface area contributed by atoms with Crippen molar-refractivity contribution in [1.29, 1.82) is 0 Å². The molecule has 0 aliphatic heterocycles. The van der Waals surface area contributed by atoms with Crippen LogP contribution < -0.4 is 5.32 Å². The van der Waals surface area contributed by atoms with E-state index in [1.807, 2.05) is 13.8 Å². The largest absolute Gasteiger partial charge is 0.480 e. The Morgan fingerprint density at radius 1 is 1.45 bits per heavy atom. The molecule has 0 unspecified atom stereocenters. The first-order valence-electron chi connectivity index (χ1n) is 6.02. The van der Waals surface area contributed by atoms with Crippen LogP contribution in [-0.2, 0) is 4.79 Å². The number of nitrogens with one attached hydrogen (secondary N) is 1. The van der Waals surface area contributed by atoms with E-state index in [1.165, 1.54) is 4.90 Å². The van der Waals surface area contributed by atoms with Crippen molar-refractivity contribution in [3.63, 3.8) is 0 Å². The first-order chi connectivity index (χ1) is 9.29. The highest BCUT2D eigenvalue weighted by Crippen LogP contribution is 2.26. The second-order valence-electron chi connectivity index (χ2n) is 4.72. The maximum Gasteiger partial charge on any atom is 0.323 e. The first-order valence-corrected chi connectivity index (χ1v) is 7.19. The summed E-state index contributed by atoms with van der Waals surface area (Å²) in [6.45, 7) is 3.86. The first kappa shape index (κ1) is 16.8. The summed E-state index contributed by atoms with van der Waals surface area (Å²) in [6, 6.07) is 4.50. The Bertz CT molecular complexity index is 508. The van der Waals surface area contributed by atoms with Gasteiger partial charge in [0.25, 0.3) is 0 Å². The molecule has 0 spiro atoms. The van der Waals surface area contributed by atoms with Gasteiger partial charge in [0.15, 0.2) is 0 Å². The molecule has 0 radical (unpaired) electrons. The minimum absolute atomic E-state index is 0.175. The fraction of sp³-hybridized carbons (Fsp3) is 0.385. The van der Waals surface area contributed by atoms with Gasteiger partial charge in [-0.3, -0.25) is 4.79 Å². The van der Waals surface area contributed by atoms with Crippen LogP contribution in [0.2, 0.25) is 5.02 Å². The summed E-state index contributed by atoms with van der Waals surface area (Å²) >= 11 is 9.12. The van der Waals surface area contributed by atoms with Crippen LogP contribution in [0.1, 0.15) is 13.8 Å². The molecule has 0 saturated carbocycles. The number of urea groups is 1. The molecular formula is C13H16BrClN2O3. The summed E-state index contributed by atoms with van der Waals surface area (Å²) in [5, 5.41) is 12.1. The molecule has 1 rings (SSSR count). The number of hydrogen-bond acceptors (Lipinski definition) is 2. The number of anilines is 1. The van der Waals surface area contributed by atoms with Crippen LogP contribution in [0.5, 0.6) is 0 Å². The van der Waals surface area contributed by atoms with Gasteiger partial charge in [0, 0.05) is 16.0 Å². The van der Waals surface area contributed by atoms with Crippen molar-refractivity contribution >= 4 is 45.2 Å². The van der Waals surface area contributed by atoms with E-state index in [2.05, 4.69) is 21.2 Å². The lowest BCUT2D eigenvalue weighted by Gasteiger charge is -2.23. The third-order valence-corrected chi connectivity index (χ3v) is 3.26.